The predicted molar refractivity (Wildman–Crippen MR) is 129 cm³/mol. The zero-order chi connectivity index (χ0) is 24.8. The quantitative estimate of drug-likeness (QED) is 0.239. The van der Waals surface area contributed by atoms with Crippen molar-refractivity contribution in [2.75, 3.05) is 13.2 Å². The maximum atomic E-state index is 13.0. The van der Waals surface area contributed by atoms with Crippen LogP contribution in [0.1, 0.15) is 35.0 Å². The third-order valence-electron chi connectivity index (χ3n) is 5.70. The summed E-state index contributed by atoms with van der Waals surface area (Å²) in [5.41, 5.74) is 2.79. The number of phenolic OH excluding ortho intramolecular Hbond substituents is 1. The maximum absolute atomic E-state index is 13.0. The lowest BCUT2D eigenvalue weighted by molar-refractivity contribution is -0.137. The van der Waals surface area contributed by atoms with E-state index in [-0.39, 0.29) is 30.4 Å². The van der Waals surface area contributed by atoms with Crippen molar-refractivity contribution in [1.82, 2.24) is 15.3 Å². The molecule has 1 atom stereocenters. The molecular formula is C26H27N3O6. The molecule has 0 bridgehead atoms. The topological polar surface area (TPSA) is 138 Å². The van der Waals surface area contributed by atoms with Crippen LogP contribution in [-0.4, -0.2) is 51.3 Å². The number of fused-ring (bicyclic) bond motifs is 1. The van der Waals surface area contributed by atoms with Gasteiger partial charge < -0.3 is 29.7 Å². The molecule has 2 aromatic heterocycles. The van der Waals surface area contributed by atoms with E-state index in [4.69, 9.17) is 9.15 Å². The Balaban J connectivity index is 1.66. The second-order valence-electron chi connectivity index (χ2n) is 8.11. The number of hydrogen-bond donors (Lipinski definition) is 4. The number of aromatic hydroxyl groups is 1. The van der Waals surface area contributed by atoms with Crippen LogP contribution >= 0.6 is 0 Å². The molecule has 0 saturated carbocycles. The number of aromatic amines is 1. The summed E-state index contributed by atoms with van der Waals surface area (Å²) in [5, 5.41) is 23.8. The Morgan fingerprint density at radius 3 is 2.69 bits per heavy atom. The molecule has 0 aliphatic rings. The Bertz CT molecular complexity index is 1300. The number of hydrogen-bond acceptors (Lipinski definition) is 7. The van der Waals surface area contributed by atoms with Crippen molar-refractivity contribution in [1.29, 1.82) is 0 Å². The number of aromatic nitrogens is 2. The van der Waals surface area contributed by atoms with Crippen molar-refractivity contribution in [2.24, 2.45) is 0 Å². The van der Waals surface area contributed by atoms with Gasteiger partial charge in [-0.2, -0.15) is 0 Å². The number of nitrogens with zero attached hydrogens (tertiary/aromatic N) is 1. The number of ether oxygens (including phenoxy) is 1. The van der Waals surface area contributed by atoms with Crippen LogP contribution in [0, 0.1) is 0 Å². The van der Waals surface area contributed by atoms with Crippen LogP contribution in [0.3, 0.4) is 0 Å². The molecule has 0 radical (unpaired) electrons. The monoisotopic (exact) mass is 477 g/mol. The highest BCUT2D eigenvalue weighted by molar-refractivity contribution is 6.10. The number of carboxylic acids is 1. The highest BCUT2D eigenvalue weighted by atomic mass is 16.5. The van der Waals surface area contributed by atoms with Gasteiger partial charge in [-0.3, -0.25) is 4.79 Å². The van der Waals surface area contributed by atoms with E-state index >= 15 is 0 Å². The average Bonchev–Trinajstić information content (AvgIpc) is 3.48. The average molecular weight is 478 g/mol. The summed E-state index contributed by atoms with van der Waals surface area (Å²) in [5.74, 6) is -1.05. The summed E-state index contributed by atoms with van der Waals surface area (Å²) in [6.07, 6.45) is 3.92. The number of carbonyl (C=O) groups is 2. The third kappa shape index (κ3) is 5.52. The normalized spacial score (nSPS) is 12.0. The first kappa shape index (κ1) is 24.0. The van der Waals surface area contributed by atoms with Gasteiger partial charge in [0, 0.05) is 40.9 Å². The largest absolute Gasteiger partial charge is 0.508 e. The minimum atomic E-state index is -0.918. The summed E-state index contributed by atoms with van der Waals surface area (Å²) in [6, 6.07) is 12.1. The number of aliphatic carboxylic acids is 1. The predicted octanol–water partition coefficient (Wildman–Crippen LogP) is 3.92. The number of phenols is 1. The number of esters is 1. The van der Waals surface area contributed by atoms with Gasteiger partial charge in [0.1, 0.15) is 22.7 Å². The van der Waals surface area contributed by atoms with E-state index in [9.17, 15) is 19.8 Å². The molecule has 2 heterocycles. The lowest BCUT2D eigenvalue weighted by Crippen LogP contribution is -2.35. The van der Waals surface area contributed by atoms with Gasteiger partial charge in [0.2, 0.25) is 0 Å². The van der Waals surface area contributed by atoms with E-state index in [0.29, 0.717) is 41.7 Å². The summed E-state index contributed by atoms with van der Waals surface area (Å²) in [6.45, 7) is 2.29. The van der Waals surface area contributed by atoms with E-state index in [2.05, 4.69) is 15.3 Å². The van der Waals surface area contributed by atoms with Crippen LogP contribution in [0.25, 0.3) is 22.3 Å². The third-order valence-corrected chi connectivity index (χ3v) is 5.70. The Kier molecular flexibility index (Phi) is 7.47. The Morgan fingerprint density at radius 1 is 1.20 bits per heavy atom. The van der Waals surface area contributed by atoms with Crippen molar-refractivity contribution >= 4 is 22.9 Å². The fourth-order valence-corrected chi connectivity index (χ4v) is 4.18. The SMILES string of the molecule is CCOC(=O)c1c(-c2ccccc2)oc2ccc(O)c(CCN[C@H](CC(=O)O)Cc3cnc[nH]3)c12. The molecule has 0 unspecified atom stereocenters. The summed E-state index contributed by atoms with van der Waals surface area (Å²) in [7, 11) is 0. The van der Waals surface area contributed by atoms with E-state index in [0.717, 1.165) is 11.3 Å². The highest BCUT2D eigenvalue weighted by Gasteiger charge is 2.26. The maximum Gasteiger partial charge on any atom is 0.342 e. The lowest BCUT2D eigenvalue weighted by atomic mass is 9.98. The number of imidazole rings is 1. The molecule has 4 rings (SSSR count). The van der Waals surface area contributed by atoms with Gasteiger partial charge in [-0.15, -0.1) is 0 Å². The number of benzene rings is 2. The highest BCUT2D eigenvalue weighted by Crippen LogP contribution is 2.39. The molecule has 0 fully saturated rings. The second kappa shape index (κ2) is 10.9. The van der Waals surface area contributed by atoms with Gasteiger partial charge in [0.15, 0.2) is 0 Å². The minimum Gasteiger partial charge on any atom is -0.508 e. The van der Waals surface area contributed by atoms with Crippen LogP contribution in [0.5, 0.6) is 5.75 Å². The molecule has 4 N–H and O–H groups in total. The zero-order valence-corrected chi connectivity index (χ0v) is 19.3. The van der Waals surface area contributed by atoms with Crippen molar-refractivity contribution in [3.63, 3.8) is 0 Å². The lowest BCUT2D eigenvalue weighted by Gasteiger charge is -2.17. The van der Waals surface area contributed by atoms with Gasteiger partial charge in [-0.1, -0.05) is 30.3 Å². The van der Waals surface area contributed by atoms with Crippen molar-refractivity contribution < 1.29 is 29.0 Å². The molecule has 9 nitrogen and oxygen atoms in total. The number of carbonyl (C=O) groups excluding carboxylic acids is 1. The van der Waals surface area contributed by atoms with Crippen LogP contribution < -0.4 is 5.32 Å². The van der Waals surface area contributed by atoms with E-state index in [1.165, 1.54) is 6.07 Å². The molecule has 0 saturated heterocycles. The summed E-state index contributed by atoms with van der Waals surface area (Å²) >= 11 is 0. The Hall–Kier alpha value is -4.11. The van der Waals surface area contributed by atoms with Crippen LogP contribution in [-0.2, 0) is 22.4 Å². The smallest absolute Gasteiger partial charge is 0.342 e. The molecule has 0 aliphatic heterocycles. The molecule has 2 aromatic carbocycles. The fraction of sp³-hybridized carbons (Fsp3) is 0.269. The number of carboxylic acid groups (broad SMARTS) is 1. The van der Waals surface area contributed by atoms with Gasteiger partial charge in [-0.05, 0) is 32.0 Å². The fourth-order valence-electron chi connectivity index (χ4n) is 4.18. The summed E-state index contributed by atoms with van der Waals surface area (Å²) in [4.78, 5) is 31.3. The number of furan rings is 1. The molecular weight excluding hydrogens is 450 g/mol. The van der Waals surface area contributed by atoms with E-state index in [1.807, 2.05) is 30.3 Å². The minimum absolute atomic E-state index is 0.0219. The molecule has 35 heavy (non-hydrogen) atoms. The van der Waals surface area contributed by atoms with Gasteiger partial charge in [0.25, 0.3) is 0 Å². The van der Waals surface area contributed by atoms with Gasteiger partial charge in [0.05, 0.1) is 19.4 Å². The number of rotatable bonds is 11. The standard InChI is InChI=1S/C26H27N3O6/c1-2-34-26(33)24-23-19(10-11-28-17(13-22(31)32)12-18-14-27-15-29-18)20(30)8-9-21(23)35-25(24)16-6-4-3-5-7-16/h3-9,14-15,17,28,30H,2,10-13H2,1H3,(H,27,29)(H,31,32)/t17-/m0/s1. The number of nitrogens with one attached hydrogen (secondary N) is 2. The van der Waals surface area contributed by atoms with Crippen LogP contribution in [0.4, 0.5) is 0 Å². The van der Waals surface area contributed by atoms with Crippen molar-refractivity contribution in [3.05, 3.63) is 71.8 Å². The first-order valence-electron chi connectivity index (χ1n) is 11.4. The summed E-state index contributed by atoms with van der Waals surface area (Å²) < 4.78 is 11.4. The molecule has 9 heteroatoms. The van der Waals surface area contributed by atoms with Gasteiger partial charge in [-0.25, -0.2) is 9.78 Å². The molecule has 4 aromatic rings. The Morgan fingerprint density at radius 2 is 2.00 bits per heavy atom. The van der Waals surface area contributed by atoms with Crippen LogP contribution in [0.15, 0.2) is 59.4 Å². The molecule has 0 spiro atoms. The first-order valence-corrected chi connectivity index (χ1v) is 11.4. The van der Waals surface area contributed by atoms with E-state index < -0.39 is 11.9 Å². The zero-order valence-electron chi connectivity index (χ0n) is 19.3. The van der Waals surface area contributed by atoms with Crippen LogP contribution in [0.2, 0.25) is 0 Å². The number of H-pyrrole nitrogens is 1. The second-order valence-corrected chi connectivity index (χ2v) is 8.11. The van der Waals surface area contributed by atoms with Crippen molar-refractivity contribution in [3.8, 4) is 17.1 Å². The Labute approximate surface area is 201 Å². The van der Waals surface area contributed by atoms with E-state index in [1.54, 1.807) is 25.5 Å². The molecule has 182 valence electrons. The first-order chi connectivity index (χ1) is 17.0. The molecule has 0 aliphatic carbocycles. The van der Waals surface area contributed by atoms with Crippen molar-refractivity contribution in [2.45, 2.75) is 32.2 Å². The van der Waals surface area contributed by atoms with Gasteiger partial charge >= 0.3 is 11.9 Å². The molecule has 0 amide bonds.